The molecule has 18 heavy (non-hydrogen) atoms. The number of nitrogens with zero attached hydrogens (tertiary/aromatic N) is 1. The van der Waals surface area contributed by atoms with Crippen LogP contribution in [0, 0.1) is 0 Å². The molecule has 0 bridgehead atoms. The van der Waals surface area contributed by atoms with Crippen molar-refractivity contribution < 1.29 is 5.11 Å². The Kier molecular flexibility index (Phi) is 5.04. The lowest BCUT2D eigenvalue weighted by molar-refractivity contribution is 0.221. The maximum atomic E-state index is 9.16. The molecule has 1 heterocycles. The Morgan fingerprint density at radius 1 is 1.28 bits per heavy atom. The van der Waals surface area contributed by atoms with Crippen LogP contribution in [0.5, 0.6) is 0 Å². The maximum Gasteiger partial charge on any atom is 0.0497 e. The smallest absolute Gasteiger partial charge is 0.0497 e. The summed E-state index contributed by atoms with van der Waals surface area (Å²) in [4.78, 5) is 2.47. The molecule has 1 unspecified atom stereocenters. The zero-order valence-electron chi connectivity index (χ0n) is 11.0. The van der Waals surface area contributed by atoms with Gasteiger partial charge in [-0.25, -0.2) is 0 Å². The Morgan fingerprint density at radius 2 is 2.00 bits per heavy atom. The van der Waals surface area contributed by atoms with Crippen molar-refractivity contribution in [3.63, 3.8) is 0 Å². The fourth-order valence-corrected chi connectivity index (χ4v) is 2.71. The topological polar surface area (TPSA) is 23.5 Å². The lowest BCUT2D eigenvalue weighted by Crippen LogP contribution is -2.29. The summed E-state index contributed by atoms with van der Waals surface area (Å²) in [5, 5.41) is 9.99. The number of benzene rings is 1. The van der Waals surface area contributed by atoms with Gasteiger partial charge in [0.2, 0.25) is 0 Å². The van der Waals surface area contributed by atoms with Crippen LogP contribution in [0.3, 0.4) is 0 Å². The summed E-state index contributed by atoms with van der Waals surface area (Å²) in [5.41, 5.74) is 2.32. The molecule has 0 radical (unpaired) electrons. The van der Waals surface area contributed by atoms with Gasteiger partial charge in [-0.05, 0) is 43.1 Å². The van der Waals surface area contributed by atoms with E-state index < -0.39 is 0 Å². The predicted molar refractivity (Wildman–Crippen MR) is 76.1 cm³/mol. The molecule has 1 aliphatic heterocycles. The Balaban J connectivity index is 2.04. The van der Waals surface area contributed by atoms with Crippen molar-refractivity contribution in [1.29, 1.82) is 0 Å². The molecule has 2 nitrogen and oxygen atoms in total. The molecule has 1 aromatic carbocycles. The Bertz CT molecular complexity index is 388. The second kappa shape index (κ2) is 6.55. The van der Waals surface area contributed by atoms with E-state index in [2.05, 4.69) is 17.0 Å². The first-order valence-corrected chi connectivity index (χ1v) is 7.20. The van der Waals surface area contributed by atoms with Gasteiger partial charge in [-0.15, -0.1) is 0 Å². The third-order valence-electron chi connectivity index (χ3n) is 3.76. The van der Waals surface area contributed by atoms with E-state index in [9.17, 15) is 0 Å². The number of hydrogen-bond acceptors (Lipinski definition) is 2. The van der Waals surface area contributed by atoms with Crippen LogP contribution in [0.4, 0.5) is 0 Å². The maximum absolute atomic E-state index is 9.16. The minimum absolute atomic E-state index is 0.159. The molecule has 0 aliphatic carbocycles. The summed E-state index contributed by atoms with van der Waals surface area (Å²) >= 11 is 6.34. The van der Waals surface area contributed by atoms with Crippen LogP contribution < -0.4 is 0 Å². The summed E-state index contributed by atoms with van der Waals surface area (Å²) in [6.45, 7) is 5.50. The number of rotatable bonds is 4. The second-order valence-corrected chi connectivity index (χ2v) is 5.68. The molecule has 1 aromatic rings. The van der Waals surface area contributed by atoms with Gasteiger partial charge in [-0.3, -0.25) is 4.90 Å². The monoisotopic (exact) mass is 267 g/mol. The molecule has 100 valence electrons. The predicted octanol–water partition coefficient (Wildman–Crippen LogP) is 3.42. The molecular weight excluding hydrogens is 246 g/mol. The van der Waals surface area contributed by atoms with Crippen molar-refractivity contribution in [2.75, 3.05) is 19.7 Å². The van der Waals surface area contributed by atoms with Crippen LogP contribution in [0.15, 0.2) is 18.2 Å². The molecule has 0 spiro atoms. The Morgan fingerprint density at radius 3 is 2.61 bits per heavy atom. The Hall–Kier alpha value is -0.570. The molecule has 1 saturated heterocycles. The van der Waals surface area contributed by atoms with E-state index in [4.69, 9.17) is 16.7 Å². The minimum atomic E-state index is 0.159. The van der Waals surface area contributed by atoms with Gasteiger partial charge in [0.15, 0.2) is 0 Å². The Labute approximate surface area is 115 Å². The van der Waals surface area contributed by atoms with Crippen LogP contribution in [-0.2, 0) is 6.54 Å². The van der Waals surface area contributed by atoms with Crippen molar-refractivity contribution in [2.45, 2.75) is 38.6 Å². The van der Waals surface area contributed by atoms with Gasteiger partial charge in [0.05, 0.1) is 0 Å². The molecule has 3 heteroatoms. The molecule has 0 aromatic heterocycles. The summed E-state index contributed by atoms with van der Waals surface area (Å²) in [7, 11) is 0. The zero-order chi connectivity index (χ0) is 13.0. The standard InChI is InChI=1S/C15H22ClNO/c1-12(11-18)13-5-6-14(15(16)9-13)10-17-7-3-2-4-8-17/h5-6,9,12,18H,2-4,7-8,10-11H2,1H3. The van der Waals surface area contributed by atoms with Gasteiger partial charge >= 0.3 is 0 Å². The quantitative estimate of drug-likeness (QED) is 0.904. The fourth-order valence-electron chi connectivity index (χ4n) is 2.46. The van der Waals surface area contributed by atoms with Gasteiger partial charge in [-0.2, -0.15) is 0 Å². The first-order chi connectivity index (χ1) is 8.70. The van der Waals surface area contributed by atoms with E-state index in [1.165, 1.54) is 37.9 Å². The van der Waals surface area contributed by atoms with Crippen molar-refractivity contribution in [3.8, 4) is 0 Å². The largest absolute Gasteiger partial charge is 0.396 e. The van der Waals surface area contributed by atoms with Gasteiger partial charge in [0.1, 0.15) is 0 Å². The normalized spacial score (nSPS) is 18.8. The third kappa shape index (κ3) is 3.47. The van der Waals surface area contributed by atoms with Crippen LogP contribution in [0.2, 0.25) is 5.02 Å². The van der Waals surface area contributed by atoms with Crippen molar-refractivity contribution in [3.05, 3.63) is 34.3 Å². The molecule has 2 rings (SSSR count). The first kappa shape index (κ1) is 13.9. The first-order valence-electron chi connectivity index (χ1n) is 6.82. The highest BCUT2D eigenvalue weighted by molar-refractivity contribution is 6.31. The highest BCUT2D eigenvalue weighted by Gasteiger charge is 2.13. The number of halogens is 1. The van der Waals surface area contributed by atoms with Gasteiger partial charge in [0.25, 0.3) is 0 Å². The van der Waals surface area contributed by atoms with Crippen LogP contribution >= 0.6 is 11.6 Å². The van der Waals surface area contributed by atoms with Crippen LogP contribution in [0.1, 0.15) is 43.2 Å². The molecule has 0 amide bonds. The van der Waals surface area contributed by atoms with Gasteiger partial charge in [0, 0.05) is 24.1 Å². The average Bonchev–Trinajstić information content (AvgIpc) is 2.41. The molecule has 1 fully saturated rings. The van der Waals surface area contributed by atoms with Crippen molar-refractivity contribution in [2.24, 2.45) is 0 Å². The number of piperidine rings is 1. The number of aliphatic hydroxyl groups excluding tert-OH is 1. The van der Waals surface area contributed by atoms with E-state index in [0.717, 1.165) is 17.1 Å². The second-order valence-electron chi connectivity index (χ2n) is 5.27. The third-order valence-corrected chi connectivity index (χ3v) is 4.11. The van der Waals surface area contributed by atoms with Gasteiger partial charge < -0.3 is 5.11 Å². The number of likely N-dealkylation sites (tertiary alicyclic amines) is 1. The zero-order valence-corrected chi connectivity index (χ0v) is 11.8. The fraction of sp³-hybridized carbons (Fsp3) is 0.600. The lowest BCUT2D eigenvalue weighted by atomic mass is 10.00. The van der Waals surface area contributed by atoms with Crippen LogP contribution in [-0.4, -0.2) is 29.7 Å². The molecular formula is C15H22ClNO. The number of hydrogen-bond donors (Lipinski definition) is 1. The molecule has 1 aliphatic rings. The summed E-state index contributed by atoms with van der Waals surface area (Å²) in [6.07, 6.45) is 3.96. The van der Waals surface area contributed by atoms with Crippen molar-refractivity contribution >= 4 is 11.6 Å². The molecule has 1 atom stereocenters. The van der Waals surface area contributed by atoms with E-state index in [0.29, 0.717) is 0 Å². The number of aliphatic hydroxyl groups is 1. The summed E-state index contributed by atoms with van der Waals surface area (Å²) < 4.78 is 0. The van der Waals surface area contributed by atoms with Crippen molar-refractivity contribution in [1.82, 2.24) is 4.90 Å². The lowest BCUT2D eigenvalue weighted by Gasteiger charge is -2.27. The minimum Gasteiger partial charge on any atom is -0.396 e. The van der Waals surface area contributed by atoms with E-state index in [1.54, 1.807) is 0 Å². The highest BCUT2D eigenvalue weighted by Crippen LogP contribution is 2.24. The SMILES string of the molecule is CC(CO)c1ccc(CN2CCCCC2)c(Cl)c1. The summed E-state index contributed by atoms with van der Waals surface area (Å²) in [6, 6.07) is 6.20. The van der Waals surface area contributed by atoms with E-state index >= 15 is 0 Å². The van der Waals surface area contributed by atoms with E-state index in [1.807, 2.05) is 13.0 Å². The molecule has 1 N–H and O–H groups in total. The molecule has 0 saturated carbocycles. The average molecular weight is 268 g/mol. The van der Waals surface area contributed by atoms with Gasteiger partial charge in [-0.1, -0.05) is 37.1 Å². The van der Waals surface area contributed by atoms with E-state index in [-0.39, 0.29) is 12.5 Å². The van der Waals surface area contributed by atoms with Crippen LogP contribution in [0.25, 0.3) is 0 Å². The summed E-state index contributed by atoms with van der Waals surface area (Å²) in [5.74, 6) is 0.159. The highest BCUT2D eigenvalue weighted by atomic mass is 35.5.